The van der Waals surface area contributed by atoms with E-state index < -0.39 is 5.97 Å². The Hall–Kier alpha value is -2.43. The number of carboxylic acids is 1. The number of benzene rings is 1. The first-order chi connectivity index (χ1) is 10.6. The molecule has 2 aromatic rings. The summed E-state index contributed by atoms with van der Waals surface area (Å²) < 4.78 is 0. The smallest absolute Gasteiger partial charge is 0.306 e. The fourth-order valence-corrected chi connectivity index (χ4v) is 3.01. The van der Waals surface area contributed by atoms with Gasteiger partial charge >= 0.3 is 5.97 Å². The maximum absolute atomic E-state index is 12.7. The molecule has 0 atom stereocenters. The number of piperidine rings is 1. The Balaban J connectivity index is 1.88. The Bertz CT molecular complexity index is 734. The highest BCUT2D eigenvalue weighted by Crippen LogP contribution is 2.24. The van der Waals surface area contributed by atoms with Gasteiger partial charge in [-0.25, -0.2) is 0 Å². The summed E-state index contributed by atoms with van der Waals surface area (Å²) in [6.45, 7) is 2.95. The summed E-state index contributed by atoms with van der Waals surface area (Å²) in [4.78, 5) is 29.7. The molecule has 0 spiro atoms. The van der Waals surface area contributed by atoms with Crippen LogP contribution in [0.3, 0.4) is 0 Å². The van der Waals surface area contributed by atoms with Gasteiger partial charge in [0.25, 0.3) is 5.91 Å². The topological polar surface area (TPSA) is 70.5 Å². The number of carbonyl (C=O) groups is 2. The van der Waals surface area contributed by atoms with E-state index in [1.807, 2.05) is 31.2 Å². The second-order valence-electron chi connectivity index (χ2n) is 5.73. The van der Waals surface area contributed by atoms with Crippen LogP contribution in [0.25, 0.3) is 10.8 Å². The van der Waals surface area contributed by atoms with Gasteiger partial charge < -0.3 is 10.0 Å². The lowest BCUT2D eigenvalue weighted by atomic mass is 9.96. The number of likely N-dealkylation sites (tertiary alicyclic amines) is 1. The molecule has 1 fully saturated rings. The van der Waals surface area contributed by atoms with Crippen molar-refractivity contribution in [1.29, 1.82) is 0 Å². The highest BCUT2D eigenvalue weighted by molar-refractivity contribution is 6.05. The molecule has 1 aliphatic rings. The largest absolute Gasteiger partial charge is 0.481 e. The third-order valence-corrected chi connectivity index (χ3v) is 4.36. The molecule has 1 aromatic heterocycles. The number of pyridine rings is 1. The van der Waals surface area contributed by atoms with Crippen LogP contribution in [0, 0.1) is 12.8 Å². The lowest BCUT2D eigenvalue weighted by Crippen LogP contribution is -2.40. The average Bonchev–Trinajstić information content (AvgIpc) is 2.54. The van der Waals surface area contributed by atoms with Gasteiger partial charge in [-0.1, -0.05) is 18.2 Å². The van der Waals surface area contributed by atoms with E-state index in [-0.39, 0.29) is 11.8 Å². The van der Waals surface area contributed by atoms with E-state index in [9.17, 15) is 9.59 Å². The zero-order valence-electron chi connectivity index (χ0n) is 12.5. The molecule has 1 amide bonds. The van der Waals surface area contributed by atoms with E-state index in [0.29, 0.717) is 31.6 Å². The number of rotatable bonds is 2. The summed E-state index contributed by atoms with van der Waals surface area (Å²) in [6, 6.07) is 7.76. The molecule has 0 bridgehead atoms. The summed E-state index contributed by atoms with van der Waals surface area (Å²) in [6.07, 6.45) is 2.67. The number of hydrogen-bond donors (Lipinski definition) is 1. The second-order valence-corrected chi connectivity index (χ2v) is 5.73. The van der Waals surface area contributed by atoms with Gasteiger partial charge in [-0.15, -0.1) is 0 Å². The molecule has 0 unspecified atom stereocenters. The van der Waals surface area contributed by atoms with Gasteiger partial charge in [0.2, 0.25) is 0 Å². The molecule has 1 aromatic carbocycles. The quantitative estimate of drug-likeness (QED) is 0.924. The second kappa shape index (κ2) is 5.75. The van der Waals surface area contributed by atoms with E-state index >= 15 is 0 Å². The predicted octanol–water partition coefficient (Wildman–Crippen LogP) is 2.48. The number of hydrogen-bond acceptors (Lipinski definition) is 3. The molecule has 1 aliphatic heterocycles. The Morgan fingerprint density at radius 3 is 2.59 bits per heavy atom. The average molecular weight is 298 g/mol. The van der Waals surface area contributed by atoms with Gasteiger partial charge in [0, 0.05) is 24.7 Å². The number of nitrogens with zero attached hydrogens (tertiary/aromatic N) is 2. The van der Waals surface area contributed by atoms with E-state index in [4.69, 9.17) is 5.11 Å². The van der Waals surface area contributed by atoms with Crippen molar-refractivity contribution in [1.82, 2.24) is 9.88 Å². The summed E-state index contributed by atoms with van der Waals surface area (Å²) in [7, 11) is 0. The van der Waals surface area contributed by atoms with E-state index in [0.717, 1.165) is 16.3 Å². The fraction of sp³-hybridized carbons (Fsp3) is 0.353. The first-order valence-electron chi connectivity index (χ1n) is 7.44. The maximum atomic E-state index is 12.7. The van der Waals surface area contributed by atoms with Crippen LogP contribution in [0.2, 0.25) is 0 Å². The maximum Gasteiger partial charge on any atom is 0.306 e. The highest BCUT2D eigenvalue weighted by atomic mass is 16.4. The zero-order valence-corrected chi connectivity index (χ0v) is 12.5. The number of fused-ring (bicyclic) bond motifs is 1. The lowest BCUT2D eigenvalue weighted by molar-refractivity contribution is -0.143. The van der Waals surface area contributed by atoms with Gasteiger partial charge in [0.05, 0.1) is 5.92 Å². The monoisotopic (exact) mass is 298 g/mol. The van der Waals surface area contributed by atoms with E-state index in [2.05, 4.69) is 4.98 Å². The van der Waals surface area contributed by atoms with Crippen LogP contribution in [0.1, 0.15) is 28.9 Å². The zero-order chi connectivity index (χ0) is 15.7. The van der Waals surface area contributed by atoms with Crippen molar-refractivity contribution < 1.29 is 14.7 Å². The van der Waals surface area contributed by atoms with Crippen molar-refractivity contribution in [2.24, 2.45) is 5.92 Å². The van der Waals surface area contributed by atoms with Crippen molar-refractivity contribution in [3.8, 4) is 0 Å². The molecule has 22 heavy (non-hydrogen) atoms. The van der Waals surface area contributed by atoms with Crippen LogP contribution in [0.15, 0.2) is 30.5 Å². The molecular weight excluding hydrogens is 280 g/mol. The predicted molar refractivity (Wildman–Crippen MR) is 82.7 cm³/mol. The van der Waals surface area contributed by atoms with Crippen LogP contribution in [0.4, 0.5) is 0 Å². The van der Waals surface area contributed by atoms with Gasteiger partial charge in [-0.3, -0.25) is 14.6 Å². The Morgan fingerprint density at radius 2 is 1.91 bits per heavy atom. The molecular formula is C17H18N2O3. The van der Waals surface area contributed by atoms with Gasteiger partial charge in [-0.2, -0.15) is 0 Å². The van der Waals surface area contributed by atoms with Crippen molar-refractivity contribution in [3.05, 3.63) is 41.7 Å². The number of carboxylic acid groups (broad SMARTS) is 1. The van der Waals surface area contributed by atoms with Crippen molar-refractivity contribution in [2.45, 2.75) is 19.8 Å². The molecule has 2 heterocycles. The van der Waals surface area contributed by atoms with Crippen LogP contribution >= 0.6 is 0 Å². The number of aliphatic carboxylic acids is 1. The number of aromatic nitrogens is 1. The molecule has 114 valence electrons. The van der Waals surface area contributed by atoms with Gasteiger partial charge in [0.15, 0.2) is 0 Å². The molecule has 5 heteroatoms. The fourth-order valence-electron chi connectivity index (χ4n) is 3.01. The Kier molecular flexibility index (Phi) is 3.79. The lowest BCUT2D eigenvalue weighted by Gasteiger charge is -2.30. The van der Waals surface area contributed by atoms with Crippen molar-refractivity contribution in [3.63, 3.8) is 0 Å². The number of aryl methyl sites for hydroxylation is 1. The van der Waals surface area contributed by atoms with Gasteiger partial charge in [0.1, 0.15) is 5.69 Å². The van der Waals surface area contributed by atoms with Gasteiger partial charge in [-0.05, 0) is 36.8 Å². The highest BCUT2D eigenvalue weighted by Gasteiger charge is 2.28. The number of amides is 1. The molecule has 5 nitrogen and oxygen atoms in total. The summed E-state index contributed by atoms with van der Waals surface area (Å²) in [5, 5.41) is 10.9. The van der Waals surface area contributed by atoms with Crippen LogP contribution < -0.4 is 0 Å². The molecule has 3 rings (SSSR count). The first-order valence-corrected chi connectivity index (χ1v) is 7.44. The third kappa shape index (κ3) is 2.54. The summed E-state index contributed by atoms with van der Waals surface area (Å²) >= 11 is 0. The number of carbonyl (C=O) groups excluding carboxylic acids is 1. The minimum Gasteiger partial charge on any atom is -0.481 e. The summed E-state index contributed by atoms with van der Waals surface area (Å²) in [5.74, 6) is -1.22. The van der Waals surface area contributed by atoms with E-state index in [1.165, 1.54) is 0 Å². The molecule has 0 aliphatic carbocycles. The summed E-state index contributed by atoms with van der Waals surface area (Å²) in [5.41, 5.74) is 1.56. The Morgan fingerprint density at radius 1 is 1.18 bits per heavy atom. The molecule has 0 radical (unpaired) electrons. The standard InChI is InChI=1S/C17H18N2O3/c1-11-3-2-4-14-13(11)5-8-18-15(14)16(20)19-9-6-12(7-10-19)17(21)22/h2-5,8,12H,6-7,9-10H2,1H3,(H,21,22). The van der Waals surface area contributed by atoms with Crippen LogP contribution in [-0.2, 0) is 4.79 Å². The van der Waals surface area contributed by atoms with Crippen molar-refractivity contribution in [2.75, 3.05) is 13.1 Å². The van der Waals surface area contributed by atoms with Crippen LogP contribution in [0.5, 0.6) is 0 Å². The third-order valence-electron chi connectivity index (χ3n) is 4.36. The molecule has 0 saturated carbocycles. The molecule has 1 N–H and O–H groups in total. The Labute approximate surface area is 128 Å². The van der Waals surface area contributed by atoms with Crippen molar-refractivity contribution >= 4 is 22.6 Å². The minimum absolute atomic E-state index is 0.111. The SMILES string of the molecule is Cc1cccc2c(C(=O)N3CCC(C(=O)O)CC3)nccc12. The molecule has 1 saturated heterocycles. The van der Waals surface area contributed by atoms with E-state index in [1.54, 1.807) is 11.1 Å². The normalized spacial score (nSPS) is 16.0. The minimum atomic E-state index is -0.772. The first kappa shape index (κ1) is 14.5. The van der Waals surface area contributed by atoms with Crippen LogP contribution in [-0.4, -0.2) is 40.0 Å².